The number of aromatic nitrogens is 1. The second kappa shape index (κ2) is 18.6. The molecule has 49 heavy (non-hydrogen) atoms. The SMILES string of the molecule is CCC(C)CC(NC(=O)CNC)C(=O)N(C)C(CC(OC)c1nc(C(=O)NC(Cc2ccccc2)C(=O)NS(=O)(=O)C2CC2)cs1)C(C)C. The van der Waals surface area contributed by atoms with Gasteiger partial charge in [0.05, 0.1) is 11.8 Å². The Kier molecular flexibility index (Phi) is 15.2. The quantitative estimate of drug-likeness (QED) is 0.160. The van der Waals surface area contributed by atoms with Crippen LogP contribution in [0.3, 0.4) is 0 Å². The van der Waals surface area contributed by atoms with E-state index in [1.54, 1.807) is 48.6 Å². The maximum absolute atomic E-state index is 13.8. The number of carbonyl (C=O) groups is 4. The molecule has 1 fully saturated rings. The molecule has 0 saturated heterocycles. The molecule has 1 aliphatic carbocycles. The summed E-state index contributed by atoms with van der Waals surface area (Å²) in [6.07, 6.45) is 2.26. The van der Waals surface area contributed by atoms with Gasteiger partial charge in [0.1, 0.15) is 28.9 Å². The van der Waals surface area contributed by atoms with Crippen molar-refractivity contribution in [3.05, 3.63) is 52.0 Å². The van der Waals surface area contributed by atoms with Crippen molar-refractivity contribution in [2.24, 2.45) is 11.8 Å². The summed E-state index contributed by atoms with van der Waals surface area (Å²) >= 11 is 1.22. The third-order valence-corrected chi connectivity index (χ3v) is 11.6. The van der Waals surface area contributed by atoms with Gasteiger partial charge < -0.3 is 25.6 Å². The minimum absolute atomic E-state index is 0.0239. The summed E-state index contributed by atoms with van der Waals surface area (Å²) in [4.78, 5) is 59.0. The van der Waals surface area contributed by atoms with Gasteiger partial charge in [0.25, 0.3) is 11.8 Å². The highest BCUT2D eigenvalue weighted by Gasteiger charge is 2.38. The van der Waals surface area contributed by atoms with Gasteiger partial charge in [-0.3, -0.25) is 23.9 Å². The highest BCUT2D eigenvalue weighted by Crippen LogP contribution is 2.30. The van der Waals surface area contributed by atoms with Crippen molar-refractivity contribution in [1.82, 2.24) is 30.6 Å². The van der Waals surface area contributed by atoms with E-state index in [0.717, 1.165) is 12.0 Å². The zero-order valence-corrected chi connectivity index (χ0v) is 31.2. The highest BCUT2D eigenvalue weighted by molar-refractivity contribution is 7.90. The van der Waals surface area contributed by atoms with Crippen molar-refractivity contribution in [3.8, 4) is 0 Å². The monoisotopic (exact) mass is 720 g/mol. The van der Waals surface area contributed by atoms with Crippen molar-refractivity contribution in [2.45, 2.75) is 95.7 Å². The van der Waals surface area contributed by atoms with E-state index in [9.17, 15) is 27.6 Å². The lowest BCUT2D eigenvalue weighted by Gasteiger charge is -2.36. The molecule has 1 aromatic heterocycles. The molecule has 1 heterocycles. The molecule has 3 rings (SSSR count). The van der Waals surface area contributed by atoms with E-state index in [-0.39, 0.29) is 48.4 Å². The molecule has 1 saturated carbocycles. The molecule has 4 amide bonds. The number of amides is 4. The normalized spacial score (nSPS) is 16.2. The van der Waals surface area contributed by atoms with Gasteiger partial charge in [0.2, 0.25) is 21.8 Å². The summed E-state index contributed by atoms with van der Waals surface area (Å²) in [5, 5.41) is 9.87. The van der Waals surface area contributed by atoms with Gasteiger partial charge in [0.15, 0.2) is 0 Å². The van der Waals surface area contributed by atoms with E-state index in [0.29, 0.717) is 30.7 Å². The minimum atomic E-state index is -3.82. The van der Waals surface area contributed by atoms with Gasteiger partial charge in [-0.1, -0.05) is 64.4 Å². The smallest absolute Gasteiger partial charge is 0.271 e. The Labute approximate surface area is 294 Å². The van der Waals surface area contributed by atoms with Gasteiger partial charge in [-0.05, 0) is 43.7 Å². The van der Waals surface area contributed by atoms with Gasteiger partial charge in [0, 0.05) is 38.4 Å². The predicted molar refractivity (Wildman–Crippen MR) is 189 cm³/mol. The van der Waals surface area contributed by atoms with E-state index >= 15 is 0 Å². The van der Waals surface area contributed by atoms with Crippen LogP contribution in [0, 0.1) is 11.8 Å². The molecule has 272 valence electrons. The molecule has 0 bridgehead atoms. The van der Waals surface area contributed by atoms with E-state index < -0.39 is 45.3 Å². The Bertz CT molecular complexity index is 1510. The number of benzene rings is 1. The second-order valence-electron chi connectivity index (χ2n) is 13.1. The molecular weight excluding hydrogens is 669 g/mol. The van der Waals surface area contributed by atoms with Crippen LogP contribution >= 0.6 is 11.3 Å². The zero-order chi connectivity index (χ0) is 36.3. The third kappa shape index (κ3) is 11.9. The third-order valence-electron chi connectivity index (χ3n) is 8.80. The van der Waals surface area contributed by atoms with Crippen LogP contribution in [0.25, 0.3) is 0 Å². The number of sulfonamides is 1. The van der Waals surface area contributed by atoms with Crippen LogP contribution in [-0.4, -0.2) is 93.1 Å². The standard InChI is InChI=1S/C34H52N6O7S2/c1-8-22(4)16-26(36-30(41)19-35-5)34(44)40(6)28(21(2)3)18-29(47-7)33-38-27(20-48-33)31(42)37-25(17-23-12-10-9-11-13-23)32(43)39-49(45,46)24-14-15-24/h9-13,20-22,24-26,28-29,35H,8,14-19H2,1-7H3,(H,36,41)(H,37,42)(H,39,43). The average molecular weight is 721 g/mol. The van der Waals surface area contributed by atoms with Gasteiger partial charge in [-0.25, -0.2) is 13.4 Å². The molecular formula is C34H52N6O7S2. The molecule has 4 N–H and O–H groups in total. The fourth-order valence-electron chi connectivity index (χ4n) is 5.50. The average Bonchev–Trinajstić information content (AvgIpc) is 3.82. The molecule has 5 unspecified atom stereocenters. The predicted octanol–water partition coefficient (Wildman–Crippen LogP) is 2.79. The van der Waals surface area contributed by atoms with Crippen molar-refractivity contribution < 1.29 is 32.3 Å². The maximum atomic E-state index is 13.8. The van der Waals surface area contributed by atoms with E-state index in [2.05, 4.69) is 25.7 Å². The minimum Gasteiger partial charge on any atom is -0.374 e. The van der Waals surface area contributed by atoms with Gasteiger partial charge in [-0.15, -0.1) is 11.3 Å². The first-order chi connectivity index (χ1) is 23.2. The number of hydrogen-bond donors (Lipinski definition) is 4. The molecule has 1 aliphatic rings. The zero-order valence-electron chi connectivity index (χ0n) is 29.5. The molecule has 0 radical (unpaired) electrons. The highest BCUT2D eigenvalue weighted by atomic mass is 32.2. The number of nitrogens with zero attached hydrogens (tertiary/aromatic N) is 2. The number of hydrogen-bond acceptors (Lipinski definition) is 10. The molecule has 2 aromatic rings. The molecule has 13 nitrogen and oxygen atoms in total. The number of methoxy groups -OCH3 is 1. The Morgan fingerprint density at radius 2 is 1.71 bits per heavy atom. The first kappa shape index (κ1) is 40.0. The van der Waals surface area contributed by atoms with Crippen molar-refractivity contribution >= 4 is 45.0 Å². The number of nitrogens with one attached hydrogen (secondary N) is 4. The Morgan fingerprint density at radius 3 is 2.29 bits per heavy atom. The van der Waals surface area contributed by atoms with Crippen LogP contribution in [-0.2, 0) is 35.6 Å². The summed E-state index contributed by atoms with van der Waals surface area (Å²) in [6, 6.07) is 6.88. The fraction of sp³-hybridized carbons (Fsp3) is 0.618. The number of carbonyl (C=O) groups excluding carboxylic acids is 4. The number of ether oxygens (including phenoxy) is 1. The number of thiazole rings is 1. The maximum Gasteiger partial charge on any atom is 0.271 e. The Balaban J connectivity index is 1.76. The second-order valence-corrected chi connectivity index (χ2v) is 16.0. The van der Waals surface area contributed by atoms with E-state index in [4.69, 9.17) is 4.74 Å². The van der Waals surface area contributed by atoms with Crippen molar-refractivity contribution in [3.63, 3.8) is 0 Å². The largest absolute Gasteiger partial charge is 0.374 e. The summed E-state index contributed by atoms with van der Waals surface area (Å²) in [5.74, 6) is -1.64. The van der Waals surface area contributed by atoms with Crippen LogP contribution < -0.4 is 20.7 Å². The first-order valence-electron chi connectivity index (χ1n) is 16.8. The Morgan fingerprint density at radius 1 is 1.04 bits per heavy atom. The molecule has 1 aromatic carbocycles. The lowest BCUT2D eigenvalue weighted by molar-refractivity contribution is -0.139. The molecule has 15 heteroatoms. The van der Waals surface area contributed by atoms with Crippen LogP contribution in [0.15, 0.2) is 35.7 Å². The van der Waals surface area contributed by atoms with Crippen LogP contribution in [0.1, 0.15) is 87.0 Å². The topological polar surface area (TPSA) is 176 Å². The molecule has 0 spiro atoms. The van der Waals surface area contributed by atoms with E-state index in [1.807, 2.05) is 33.8 Å². The molecule has 5 atom stereocenters. The fourth-order valence-corrected chi connectivity index (χ4v) is 7.74. The van der Waals surface area contributed by atoms with Gasteiger partial charge >= 0.3 is 0 Å². The van der Waals surface area contributed by atoms with E-state index in [1.165, 1.54) is 18.4 Å². The summed E-state index contributed by atoms with van der Waals surface area (Å²) in [7, 11) is 1.12. The van der Waals surface area contributed by atoms with Crippen molar-refractivity contribution in [1.29, 1.82) is 0 Å². The van der Waals surface area contributed by atoms with Crippen molar-refractivity contribution in [2.75, 3.05) is 27.7 Å². The Hall–Kier alpha value is -3.40. The summed E-state index contributed by atoms with van der Waals surface area (Å²) < 4.78 is 33.0. The lowest BCUT2D eigenvalue weighted by atomic mass is 9.94. The number of likely N-dealkylation sites (N-methyl/N-ethyl adjacent to an activating group) is 2. The first-order valence-corrected chi connectivity index (χ1v) is 19.2. The summed E-state index contributed by atoms with van der Waals surface area (Å²) in [6.45, 7) is 8.21. The van der Waals surface area contributed by atoms with Gasteiger partial charge in [-0.2, -0.15) is 0 Å². The lowest BCUT2D eigenvalue weighted by Crippen LogP contribution is -2.53. The summed E-state index contributed by atoms with van der Waals surface area (Å²) in [5.41, 5.74) is 0.806. The van der Waals surface area contributed by atoms with Crippen LogP contribution in [0.5, 0.6) is 0 Å². The van der Waals surface area contributed by atoms with Crippen LogP contribution in [0.2, 0.25) is 0 Å². The van der Waals surface area contributed by atoms with Crippen LogP contribution in [0.4, 0.5) is 0 Å². The number of rotatable bonds is 20. The molecule has 0 aliphatic heterocycles.